The van der Waals surface area contributed by atoms with Crippen LogP contribution in [0.1, 0.15) is 61.0 Å². The number of ether oxygens (including phenoxy) is 1. The molecule has 0 saturated heterocycles. The van der Waals surface area contributed by atoms with E-state index in [1.807, 2.05) is 13.8 Å². The number of carbonyl (C=O) groups excluding carboxylic acids is 1. The van der Waals surface area contributed by atoms with Gasteiger partial charge in [-0.2, -0.15) is 0 Å². The highest BCUT2D eigenvalue weighted by atomic mass is 16.5. The predicted molar refractivity (Wildman–Crippen MR) is 71.1 cm³/mol. The minimum Gasteiger partial charge on any atom is -0.458 e. The molecule has 0 amide bonds. The highest BCUT2D eigenvalue weighted by Crippen LogP contribution is 2.38. The molecule has 104 valence electrons. The Hall–Kier alpha value is -1.36. The van der Waals surface area contributed by atoms with E-state index in [4.69, 9.17) is 9.72 Å². The molecular formula is C14H21N3O2. The first-order valence-electron chi connectivity index (χ1n) is 7.18. The summed E-state index contributed by atoms with van der Waals surface area (Å²) >= 11 is 0. The normalized spacial score (nSPS) is 19.1. The Kier molecular flexibility index (Phi) is 3.31. The summed E-state index contributed by atoms with van der Waals surface area (Å²) in [6.45, 7) is 6.20. The first kappa shape index (κ1) is 12.7. The van der Waals surface area contributed by atoms with Gasteiger partial charge in [0.25, 0.3) is 0 Å². The van der Waals surface area contributed by atoms with E-state index in [1.54, 1.807) is 0 Å². The number of hydrogen-bond donors (Lipinski definition) is 1. The van der Waals surface area contributed by atoms with Gasteiger partial charge in [0.15, 0.2) is 5.69 Å². The third kappa shape index (κ3) is 2.27. The van der Waals surface area contributed by atoms with Crippen LogP contribution in [-0.4, -0.2) is 28.2 Å². The Bertz CT molecular complexity index is 489. The van der Waals surface area contributed by atoms with Crippen LogP contribution >= 0.6 is 0 Å². The van der Waals surface area contributed by atoms with Gasteiger partial charge in [-0.25, -0.2) is 9.78 Å². The molecule has 0 aromatic carbocycles. The zero-order chi connectivity index (χ0) is 13.4. The summed E-state index contributed by atoms with van der Waals surface area (Å²) in [7, 11) is 0. The summed E-state index contributed by atoms with van der Waals surface area (Å²) in [6.07, 6.45) is 3.44. The van der Waals surface area contributed by atoms with Crippen molar-refractivity contribution in [2.24, 2.45) is 0 Å². The standard InChI is InChI=1S/C14H21N3O2/c1-9(2)19-14(18)13-12(10-4-3-5-10)16-11-8-15-6-7-17(11)13/h9-10,15H,3-8H2,1-2H3. The SMILES string of the molecule is CC(C)OC(=O)c1c(C2CCC2)nc2n1CCNC2. The number of imidazole rings is 1. The largest absolute Gasteiger partial charge is 0.458 e. The fourth-order valence-electron chi connectivity index (χ4n) is 2.74. The zero-order valence-electron chi connectivity index (χ0n) is 11.6. The molecule has 3 rings (SSSR count). The average Bonchev–Trinajstić information content (AvgIpc) is 2.64. The molecule has 1 aromatic heterocycles. The molecule has 0 spiro atoms. The molecule has 0 bridgehead atoms. The molecule has 0 atom stereocenters. The monoisotopic (exact) mass is 263 g/mol. The van der Waals surface area contributed by atoms with Crippen LogP contribution in [0.4, 0.5) is 0 Å². The van der Waals surface area contributed by atoms with Crippen LogP contribution < -0.4 is 5.32 Å². The van der Waals surface area contributed by atoms with Crippen molar-refractivity contribution in [3.05, 3.63) is 17.2 Å². The van der Waals surface area contributed by atoms with Crippen LogP contribution in [-0.2, 0) is 17.8 Å². The topological polar surface area (TPSA) is 56.1 Å². The lowest BCUT2D eigenvalue weighted by atomic mass is 9.82. The van der Waals surface area contributed by atoms with E-state index >= 15 is 0 Å². The molecule has 1 aliphatic carbocycles. The van der Waals surface area contributed by atoms with Crippen molar-refractivity contribution in [2.45, 2.75) is 58.2 Å². The van der Waals surface area contributed by atoms with Crippen molar-refractivity contribution >= 4 is 5.97 Å². The second kappa shape index (κ2) is 4.96. The van der Waals surface area contributed by atoms with Gasteiger partial charge in [-0.05, 0) is 26.7 Å². The van der Waals surface area contributed by atoms with Crippen LogP contribution in [0.5, 0.6) is 0 Å². The van der Waals surface area contributed by atoms with Crippen LogP contribution in [0.15, 0.2) is 0 Å². The van der Waals surface area contributed by atoms with Crippen molar-refractivity contribution in [2.75, 3.05) is 6.54 Å². The van der Waals surface area contributed by atoms with E-state index in [9.17, 15) is 4.79 Å². The van der Waals surface area contributed by atoms with Crippen LogP contribution in [0.25, 0.3) is 0 Å². The van der Waals surface area contributed by atoms with E-state index in [0.29, 0.717) is 11.6 Å². The van der Waals surface area contributed by atoms with Gasteiger partial charge >= 0.3 is 5.97 Å². The second-order valence-corrected chi connectivity index (χ2v) is 5.67. The minimum absolute atomic E-state index is 0.0883. The molecule has 0 radical (unpaired) electrons. The lowest BCUT2D eigenvalue weighted by Crippen LogP contribution is -2.30. The van der Waals surface area contributed by atoms with Crippen molar-refractivity contribution in [3.63, 3.8) is 0 Å². The second-order valence-electron chi connectivity index (χ2n) is 5.67. The van der Waals surface area contributed by atoms with Gasteiger partial charge in [-0.3, -0.25) is 0 Å². The fraction of sp³-hybridized carbons (Fsp3) is 0.714. The van der Waals surface area contributed by atoms with E-state index < -0.39 is 0 Å². The highest BCUT2D eigenvalue weighted by molar-refractivity contribution is 5.89. The highest BCUT2D eigenvalue weighted by Gasteiger charge is 2.32. The Morgan fingerprint density at radius 1 is 1.47 bits per heavy atom. The fourth-order valence-corrected chi connectivity index (χ4v) is 2.74. The maximum absolute atomic E-state index is 12.4. The van der Waals surface area contributed by atoms with Crippen molar-refractivity contribution in [1.29, 1.82) is 0 Å². The molecule has 2 aliphatic rings. The number of hydrogen-bond acceptors (Lipinski definition) is 4. The van der Waals surface area contributed by atoms with Gasteiger partial charge in [0.05, 0.1) is 18.3 Å². The molecule has 1 aliphatic heterocycles. The lowest BCUT2D eigenvalue weighted by Gasteiger charge is -2.25. The number of fused-ring (bicyclic) bond motifs is 1. The van der Waals surface area contributed by atoms with Crippen molar-refractivity contribution in [3.8, 4) is 0 Å². The molecule has 5 heteroatoms. The molecule has 2 heterocycles. The van der Waals surface area contributed by atoms with Gasteiger partial charge < -0.3 is 14.6 Å². The van der Waals surface area contributed by atoms with E-state index in [1.165, 1.54) is 6.42 Å². The van der Waals surface area contributed by atoms with Gasteiger partial charge in [-0.1, -0.05) is 6.42 Å². The number of carbonyl (C=O) groups is 1. The zero-order valence-corrected chi connectivity index (χ0v) is 11.6. The summed E-state index contributed by atoms with van der Waals surface area (Å²) in [5, 5.41) is 3.30. The minimum atomic E-state index is -0.211. The Morgan fingerprint density at radius 2 is 2.26 bits per heavy atom. The number of nitrogens with one attached hydrogen (secondary N) is 1. The third-order valence-corrected chi connectivity index (χ3v) is 3.90. The molecule has 1 aromatic rings. The maximum atomic E-state index is 12.4. The summed E-state index contributed by atoms with van der Waals surface area (Å²) < 4.78 is 7.45. The Balaban J connectivity index is 1.98. The van der Waals surface area contributed by atoms with E-state index in [2.05, 4.69) is 9.88 Å². The number of rotatable bonds is 3. The number of nitrogens with zero attached hydrogens (tertiary/aromatic N) is 2. The quantitative estimate of drug-likeness (QED) is 0.845. The molecule has 5 nitrogen and oxygen atoms in total. The summed E-state index contributed by atoms with van der Waals surface area (Å²) in [4.78, 5) is 17.1. The summed E-state index contributed by atoms with van der Waals surface area (Å²) in [5.41, 5.74) is 1.67. The summed E-state index contributed by atoms with van der Waals surface area (Å²) in [6, 6.07) is 0. The molecule has 1 N–H and O–H groups in total. The molecule has 19 heavy (non-hydrogen) atoms. The predicted octanol–water partition coefficient (Wildman–Crippen LogP) is 1.82. The van der Waals surface area contributed by atoms with Crippen LogP contribution in [0, 0.1) is 0 Å². The summed E-state index contributed by atoms with van der Waals surface area (Å²) in [5.74, 6) is 1.22. The van der Waals surface area contributed by atoms with Gasteiger partial charge in [0.1, 0.15) is 5.82 Å². The van der Waals surface area contributed by atoms with Crippen LogP contribution in [0.2, 0.25) is 0 Å². The Morgan fingerprint density at radius 3 is 2.89 bits per heavy atom. The number of aromatic nitrogens is 2. The average molecular weight is 263 g/mol. The lowest BCUT2D eigenvalue weighted by molar-refractivity contribution is 0.0361. The third-order valence-electron chi connectivity index (χ3n) is 3.90. The molecule has 1 saturated carbocycles. The van der Waals surface area contributed by atoms with Gasteiger partial charge in [-0.15, -0.1) is 0 Å². The van der Waals surface area contributed by atoms with Crippen LogP contribution in [0.3, 0.4) is 0 Å². The van der Waals surface area contributed by atoms with Crippen molar-refractivity contribution < 1.29 is 9.53 Å². The molecule has 1 fully saturated rings. The smallest absolute Gasteiger partial charge is 0.357 e. The first-order valence-corrected chi connectivity index (χ1v) is 7.18. The van der Waals surface area contributed by atoms with E-state index in [0.717, 1.165) is 44.0 Å². The van der Waals surface area contributed by atoms with Crippen molar-refractivity contribution in [1.82, 2.24) is 14.9 Å². The van der Waals surface area contributed by atoms with Gasteiger partial charge in [0.2, 0.25) is 0 Å². The van der Waals surface area contributed by atoms with Gasteiger partial charge in [0, 0.05) is 19.0 Å². The number of esters is 1. The Labute approximate surface area is 113 Å². The molecule has 0 unspecified atom stereocenters. The molecular weight excluding hydrogens is 242 g/mol. The first-order chi connectivity index (χ1) is 9.16. The maximum Gasteiger partial charge on any atom is 0.357 e. The van der Waals surface area contributed by atoms with E-state index in [-0.39, 0.29) is 12.1 Å².